The van der Waals surface area contributed by atoms with Gasteiger partial charge in [0.15, 0.2) is 0 Å². The Bertz CT molecular complexity index is 608. The van der Waals surface area contributed by atoms with Crippen LogP contribution >= 0.6 is 35.0 Å². The van der Waals surface area contributed by atoms with E-state index in [4.69, 9.17) is 29.0 Å². The Balaban J connectivity index is 1.91. The lowest BCUT2D eigenvalue weighted by Gasteiger charge is -2.23. The van der Waals surface area contributed by atoms with Crippen molar-refractivity contribution in [2.24, 2.45) is 5.84 Å². The van der Waals surface area contributed by atoms with Crippen LogP contribution in [-0.2, 0) is 6.42 Å². The normalized spacial score (nSPS) is 18.9. The molecule has 2 aromatic carbocycles. The Kier molecular flexibility index (Phi) is 4.24. The van der Waals surface area contributed by atoms with Crippen LogP contribution in [0.3, 0.4) is 0 Å². The third-order valence-corrected chi connectivity index (χ3v) is 5.77. The van der Waals surface area contributed by atoms with Crippen molar-refractivity contribution in [1.82, 2.24) is 5.43 Å². The van der Waals surface area contributed by atoms with Gasteiger partial charge in [0.05, 0.1) is 16.1 Å². The van der Waals surface area contributed by atoms with E-state index in [9.17, 15) is 0 Å². The molecule has 2 unspecified atom stereocenters. The third-order valence-electron chi connectivity index (χ3n) is 3.54. The van der Waals surface area contributed by atoms with E-state index in [1.165, 1.54) is 10.5 Å². The van der Waals surface area contributed by atoms with Crippen molar-refractivity contribution in [3.8, 4) is 0 Å². The first-order chi connectivity index (χ1) is 9.70. The van der Waals surface area contributed by atoms with Gasteiger partial charge in [-0.1, -0.05) is 53.5 Å². The van der Waals surface area contributed by atoms with Crippen LogP contribution in [0.25, 0.3) is 0 Å². The Morgan fingerprint density at radius 1 is 1.15 bits per heavy atom. The van der Waals surface area contributed by atoms with E-state index in [0.29, 0.717) is 15.3 Å². The first kappa shape index (κ1) is 14.2. The fourth-order valence-corrected chi connectivity index (χ4v) is 4.39. The zero-order valence-corrected chi connectivity index (χ0v) is 13.0. The van der Waals surface area contributed by atoms with E-state index in [-0.39, 0.29) is 6.04 Å². The van der Waals surface area contributed by atoms with Gasteiger partial charge in [-0.05, 0) is 29.7 Å². The van der Waals surface area contributed by atoms with Gasteiger partial charge in [-0.15, -0.1) is 11.8 Å². The molecule has 1 aliphatic heterocycles. The van der Waals surface area contributed by atoms with Crippen molar-refractivity contribution in [3.05, 3.63) is 63.6 Å². The average molecular weight is 325 g/mol. The number of fused-ring (bicyclic) bond motifs is 1. The molecular weight excluding hydrogens is 311 g/mol. The van der Waals surface area contributed by atoms with Crippen LogP contribution in [0.5, 0.6) is 0 Å². The largest absolute Gasteiger partial charge is 0.271 e. The summed E-state index contributed by atoms with van der Waals surface area (Å²) in [4.78, 5) is 1.32. The van der Waals surface area contributed by atoms with Gasteiger partial charge in [0.1, 0.15) is 0 Å². The number of halogens is 2. The second kappa shape index (κ2) is 5.96. The number of thioether (sulfide) groups is 1. The van der Waals surface area contributed by atoms with E-state index in [1.54, 1.807) is 6.07 Å². The second-order valence-corrected chi connectivity index (χ2v) is 6.82. The first-order valence-electron chi connectivity index (χ1n) is 6.35. The molecule has 0 aromatic heterocycles. The SMILES string of the molecule is NNC(c1cccc(Cl)c1Cl)C1Cc2ccccc2S1. The number of hydrazine groups is 1. The quantitative estimate of drug-likeness (QED) is 0.656. The molecule has 0 spiro atoms. The standard InChI is InChI=1S/C15H14Cl2N2S/c16-11-6-3-5-10(14(11)17)15(19-18)13-8-9-4-1-2-7-12(9)20-13/h1-7,13,15,19H,8,18H2. The summed E-state index contributed by atoms with van der Waals surface area (Å²) in [5.41, 5.74) is 5.21. The summed E-state index contributed by atoms with van der Waals surface area (Å²) in [5, 5.41) is 1.45. The van der Waals surface area contributed by atoms with Crippen molar-refractivity contribution in [2.45, 2.75) is 22.6 Å². The minimum Gasteiger partial charge on any atom is -0.271 e. The molecule has 2 aromatic rings. The molecule has 5 heteroatoms. The highest BCUT2D eigenvalue weighted by Gasteiger charge is 2.31. The Labute approximate surface area is 132 Å². The smallest absolute Gasteiger partial charge is 0.0641 e. The second-order valence-electron chi connectivity index (χ2n) is 4.76. The molecule has 0 saturated carbocycles. The van der Waals surface area contributed by atoms with Crippen LogP contribution < -0.4 is 11.3 Å². The molecule has 20 heavy (non-hydrogen) atoms. The van der Waals surface area contributed by atoms with Gasteiger partial charge in [-0.25, -0.2) is 0 Å². The molecule has 0 fully saturated rings. The van der Waals surface area contributed by atoms with Crippen molar-refractivity contribution in [2.75, 3.05) is 0 Å². The lowest BCUT2D eigenvalue weighted by molar-refractivity contribution is 0.533. The summed E-state index contributed by atoms with van der Waals surface area (Å²) >= 11 is 14.3. The van der Waals surface area contributed by atoms with Crippen LogP contribution in [0.2, 0.25) is 10.0 Å². The third kappa shape index (κ3) is 2.57. The average Bonchev–Trinajstić information content (AvgIpc) is 2.87. The van der Waals surface area contributed by atoms with Gasteiger partial charge in [0.2, 0.25) is 0 Å². The zero-order valence-electron chi connectivity index (χ0n) is 10.6. The molecule has 0 amide bonds. The molecule has 0 bridgehead atoms. The highest BCUT2D eigenvalue weighted by Crippen LogP contribution is 2.44. The molecule has 0 aliphatic carbocycles. The summed E-state index contributed by atoms with van der Waals surface area (Å²) in [5.74, 6) is 5.77. The number of benzene rings is 2. The van der Waals surface area contributed by atoms with E-state index in [1.807, 2.05) is 23.9 Å². The van der Waals surface area contributed by atoms with Crippen LogP contribution in [0, 0.1) is 0 Å². The number of nitrogens with one attached hydrogen (secondary N) is 1. The fourth-order valence-electron chi connectivity index (χ4n) is 2.55. The molecule has 104 valence electrons. The van der Waals surface area contributed by atoms with Gasteiger partial charge in [-0.3, -0.25) is 11.3 Å². The lowest BCUT2D eigenvalue weighted by atomic mass is 9.99. The minimum atomic E-state index is -0.0291. The highest BCUT2D eigenvalue weighted by molar-refractivity contribution is 8.00. The molecule has 1 heterocycles. The topological polar surface area (TPSA) is 38.0 Å². The molecule has 0 radical (unpaired) electrons. The van der Waals surface area contributed by atoms with Gasteiger partial charge in [0, 0.05) is 10.1 Å². The van der Waals surface area contributed by atoms with Crippen LogP contribution in [-0.4, -0.2) is 5.25 Å². The van der Waals surface area contributed by atoms with Crippen LogP contribution in [0.15, 0.2) is 47.4 Å². The molecular formula is C15H14Cl2N2S. The van der Waals surface area contributed by atoms with Crippen molar-refractivity contribution < 1.29 is 0 Å². The molecule has 3 rings (SSSR count). The van der Waals surface area contributed by atoms with Crippen molar-refractivity contribution in [3.63, 3.8) is 0 Å². The van der Waals surface area contributed by atoms with Crippen molar-refractivity contribution in [1.29, 1.82) is 0 Å². The maximum Gasteiger partial charge on any atom is 0.0641 e. The monoisotopic (exact) mass is 324 g/mol. The Morgan fingerprint density at radius 3 is 2.70 bits per heavy atom. The summed E-state index contributed by atoms with van der Waals surface area (Å²) < 4.78 is 0. The van der Waals surface area contributed by atoms with Gasteiger partial charge in [0.25, 0.3) is 0 Å². The van der Waals surface area contributed by atoms with E-state index in [0.717, 1.165) is 12.0 Å². The van der Waals surface area contributed by atoms with Crippen LogP contribution in [0.4, 0.5) is 0 Å². The Morgan fingerprint density at radius 2 is 1.95 bits per heavy atom. The van der Waals surface area contributed by atoms with E-state index in [2.05, 4.69) is 29.7 Å². The van der Waals surface area contributed by atoms with Crippen LogP contribution in [0.1, 0.15) is 17.2 Å². The predicted molar refractivity (Wildman–Crippen MR) is 86.3 cm³/mol. The highest BCUT2D eigenvalue weighted by atomic mass is 35.5. The fraction of sp³-hybridized carbons (Fsp3) is 0.200. The summed E-state index contributed by atoms with van der Waals surface area (Å²) in [6, 6.07) is 14.1. The summed E-state index contributed by atoms with van der Waals surface area (Å²) in [6.07, 6.45) is 0.971. The van der Waals surface area contributed by atoms with Gasteiger partial charge in [-0.2, -0.15) is 0 Å². The summed E-state index contributed by atoms with van der Waals surface area (Å²) in [6.45, 7) is 0. The van der Waals surface area contributed by atoms with E-state index < -0.39 is 0 Å². The molecule has 2 nitrogen and oxygen atoms in total. The molecule has 1 aliphatic rings. The van der Waals surface area contributed by atoms with E-state index >= 15 is 0 Å². The number of hydrogen-bond acceptors (Lipinski definition) is 3. The maximum absolute atomic E-state index is 6.32. The maximum atomic E-state index is 6.32. The lowest BCUT2D eigenvalue weighted by Crippen LogP contribution is -2.35. The minimum absolute atomic E-state index is 0.0291. The van der Waals surface area contributed by atoms with Crippen molar-refractivity contribution >= 4 is 35.0 Å². The molecule has 3 N–H and O–H groups in total. The number of rotatable bonds is 3. The Hall–Kier alpha value is -0.710. The summed E-state index contributed by atoms with van der Waals surface area (Å²) in [7, 11) is 0. The molecule has 2 atom stereocenters. The number of hydrogen-bond donors (Lipinski definition) is 2. The predicted octanol–water partition coefficient (Wildman–Crippen LogP) is 4.21. The number of nitrogens with two attached hydrogens (primary N) is 1. The van der Waals surface area contributed by atoms with Gasteiger partial charge < -0.3 is 0 Å². The molecule has 0 saturated heterocycles. The van der Waals surface area contributed by atoms with Gasteiger partial charge >= 0.3 is 0 Å². The first-order valence-corrected chi connectivity index (χ1v) is 7.99. The zero-order chi connectivity index (χ0) is 14.1.